The van der Waals surface area contributed by atoms with Crippen molar-refractivity contribution >= 4 is 0 Å². The highest BCUT2D eigenvalue weighted by atomic mass is 14.1. The van der Waals surface area contributed by atoms with Crippen LogP contribution in [0.5, 0.6) is 0 Å². The zero-order chi connectivity index (χ0) is 14.8. The summed E-state index contributed by atoms with van der Waals surface area (Å²) in [7, 11) is 0. The zero-order valence-corrected chi connectivity index (χ0v) is 14.8. The molecule has 0 unspecified atom stereocenters. The third-order valence-corrected chi connectivity index (χ3v) is 2.76. The van der Waals surface area contributed by atoms with Gasteiger partial charge in [-0.05, 0) is 11.8 Å². The highest BCUT2D eigenvalue weighted by Gasteiger charge is 2.05. The Labute approximate surface area is 119 Å². The highest BCUT2D eigenvalue weighted by Crippen LogP contribution is 2.22. The van der Waals surface area contributed by atoms with Gasteiger partial charge >= 0.3 is 0 Å². The molecule has 1 aliphatic carbocycles. The van der Waals surface area contributed by atoms with Crippen LogP contribution < -0.4 is 0 Å². The molecule has 0 atom stereocenters. The number of hydrogen-bond donors (Lipinski definition) is 0. The van der Waals surface area contributed by atoms with E-state index in [-0.39, 0.29) is 0 Å². The van der Waals surface area contributed by atoms with Gasteiger partial charge < -0.3 is 0 Å². The van der Waals surface area contributed by atoms with E-state index in [0.717, 1.165) is 11.8 Å². The second kappa shape index (κ2) is 22.2. The fourth-order valence-electron chi connectivity index (χ4n) is 1.88. The predicted molar refractivity (Wildman–Crippen MR) is 89.3 cm³/mol. The summed E-state index contributed by atoms with van der Waals surface area (Å²) in [6, 6.07) is 0. The lowest BCUT2D eigenvalue weighted by atomic mass is 9.91. The van der Waals surface area contributed by atoms with Gasteiger partial charge in [-0.25, -0.2) is 0 Å². The van der Waals surface area contributed by atoms with Crippen LogP contribution in [-0.2, 0) is 0 Å². The van der Waals surface area contributed by atoms with Crippen molar-refractivity contribution in [1.82, 2.24) is 0 Å². The van der Waals surface area contributed by atoms with Crippen molar-refractivity contribution < 1.29 is 0 Å². The predicted octanol–water partition coefficient (Wildman–Crippen LogP) is 7.47. The van der Waals surface area contributed by atoms with Crippen molar-refractivity contribution in [2.45, 2.75) is 107 Å². The van der Waals surface area contributed by atoms with Crippen LogP contribution in [0.2, 0.25) is 0 Å². The quantitative estimate of drug-likeness (QED) is 0.482. The third-order valence-electron chi connectivity index (χ3n) is 2.76. The molecule has 18 heavy (non-hydrogen) atoms. The van der Waals surface area contributed by atoms with E-state index < -0.39 is 0 Å². The van der Waals surface area contributed by atoms with E-state index in [1.807, 2.05) is 13.8 Å². The van der Waals surface area contributed by atoms with Crippen molar-refractivity contribution in [2.75, 3.05) is 0 Å². The second-order valence-electron chi connectivity index (χ2n) is 5.63. The van der Waals surface area contributed by atoms with Crippen molar-refractivity contribution in [3.63, 3.8) is 0 Å². The SMILES string of the molecule is CC.CC1CCCCC1.CCC.CCCC(C)C. The number of rotatable bonds is 2. The van der Waals surface area contributed by atoms with Gasteiger partial charge in [0.25, 0.3) is 0 Å². The molecule has 0 heterocycles. The van der Waals surface area contributed by atoms with Crippen LogP contribution in [0.25, 0.3) is 0 Å². The first-order valence-electron chi connectivity index (χ1n) is 8.58. The largest absolute Gasteiger partial charge is 0.0683 e. The third kappa shape index (κ3) is 29.8. The Hall–Kier alpha value is 0. The van der Waals surface area contributed by atoms with Crippen LogP contribution in [0.3, 0.4) is 0 Å². The number of hydrogen-bond acceptors (Lipinski definition) is 0. The molecule has 0 amide bonds. The van der Waals surface area contributed by atoms with Gasteiger partial charge in [0.2, 0.25) is 0 Å². The molecule has 1 saturated carbocycles. The maximum absolute atomic E-state index is 2.36. The molecule has 0 aliphatic heterocycles. The van der Waals surface area contributed by atoms with Crippen molar-refractivity contribution in [1.29, 1.82) is 0 Å². The monoisotopic (exact) mass is 258 g/mol. The summed E-state index contributed by atoms with van der Waals surface area (Å²) < 4.78 is 0. The topological polar surface area (TPSA) is 0 Å². The lowest BCUT2D eigenvalue weighted by Gasteiger charge is -2.15. The van der Waals surface area contributed by atoms with Crippen LogP contribution in [0.15, 0.2) is 0 Å². The first-order valence-corrected chi connectivity index (χ1v) is 8.58. The molecule has 114 valence electrons. The summed E-state index contributed by atoms with van der Waals surface area (Å²) in [6.07, 6.45) is 11.4. The van der Waals surface area contributed by atoms with Crippen LogP contribution in [-0.4, -0.2) is 0 Å². The van der Waals surface area contributed by atoms with Crippen molar-refractivity contribution in [2.24, 2.45) is 11.8 Å². The second-order valence-corrected chi connectivity index (χ2v) is 5.63. The first kappa shape index (κ1) is 23.1. The molecule has 1 rings (SSSR count). The normalized spacial score (nSPS) is 14.5. The summed E-state index contributed by atoms with van der Waals surface area (Å²) >= 11 is 0. The zero-order valence-electron chi connectivity index (χ0n) is 14.8. The minimum atomic E-state index is 0.898. The average molecular weight is 259 g/mol. The van der Waals surface area contributed by atoms with E-state index >= 15 is 0 Å². The standard InChI is InChI=1S/C7H14.C6H14.C3H8.C2H6/c1-7-5-3-2-4-6-7;1-4-5-6(2)3;1-3-2;1-2/h7H,2-6H2,1H3;6H,4-5H2,1-3H3;3H2,1-2H3;1-2H3. The lowest BCUT2D eigenvalue weighted by molar-refractivity contribution is 0.385. The maximum atomic E-state index is 2.36. The molecule has 1 fully saturated rings. The summed E-state index contributed by atoms with van der Waals surface area (Å²) in [5.74, 6) is 1.93. The van der Waals surface area contributed by atoms with Gasteiger partial charge in [0, 0.05) is 0 Å². The molecule has 0 N–H and O–H groups in total. The van der Waals surface area contributed by atoms with Crippen molar-refractivity contribution in [3.8, 4) is 0 Å². The average Bonchev–Trinajstić information content (AvgIpc) is 2.34. The van der Waals surface area contributed by atoms with Gasteiger partial charge in [0.1, 0.15) is 0 Å². The minimum Gasteiger partial charge on any atom is -0.0683 e. The van der Waals surface area contributed by atoms with Gasteiger partial charge in [-0.3, -0.25) is 0 Å². The molecular weight excluding hydrogens is 216 g/mol. The molecule has 0 heteroatoms. The molecule has 0 spiro atoms. The fourth-order valence-corrected chi connectivity index (χ4v) is 1.88. The van der Waals surface area contributed by atoms with Crippen LogP contribution >= 0.6 is 0 Å². The van der Waals surface area contributed by atoms with Gasteiger partial charge in [-0.2, -0.15) is 0 Å². The summed E-state index contributed by atoms with van der Waals surface area (Å²) in [4.78, 5) is 0. The molecular formula is C18H42. The fraction of sp³-hybridized carbons (Fsp3) is 1.00. The lowest BCUT2D eigenvalue weighted by Crippen LogP contribution is -1.99. The van der Waals surface area contributed by atoms with E-state index in [0.29, 0.717) is 0 Å². The first-order chi connectivity index (χ1) is 8.58. The van der Waals surface area contributed by atoms with Crippen LogP contribution in [0.4, 0.5) is 0 Å². The molecule has 0 nitrogen and oxygen atoms in total. The van der Waals surface area contributed by atoms with Gasteiger partial charge in [0.05, 0.1) is 0 Å². The summed E-state index contributed by atoms with van der Waals surface area (Å²) in [5, 5.41) is 0. The van der Waals surface area contributed by atoms with Gasteiger partial charge in [-0.15, -0.1) is 0 Å². The van der Waals surface area contributed by atoms with E-state index in [4.69, 9.17) is 0 Å². The smallest absolute Gasteiger partial charge is 0.0443 e. The Kier molecular flexibility index (Phi) is 28.5. The summed E-state index contributed by atoms with van der Waals surface area (Å²) in [5.41, 5.74) is 0. The molecule has 0 bridgehead atoms. The Balaban J connectivity index is -0.000000187. The van der Waals surface area contributed by atoms with Gasteiger partial charge in [0.15, 0.2) is 0 Å². The Bertz CT molecular complexity index is 98.6. The Morgan fingerprint density at radius 3 is 1.39 bits per heavy atom. The van der Waals surface area contributed by atoms with Gasteiger partial charge in [-0.1, -0.05) is 107 Å². The highest BCUT2D eigenvalue weighted by molar-refractivity contribution is 4.59. The molecule has 0 aromatic carbocycles. The van der Waals surface area contributed by atoms with E-state index in [9.17, 15) is 0 Å². The maximum Gasteiger partial charge on any atom is -0.0443 e. The molecule has 0 aromatic heterocycles. The van der Waals surface area contributed by atoms with Crippen molar-refractivity contribution in [3.05, 3.63) is 0 Å². The van der Waals surface area contributed by atoms with E-state index in [1.165, 1.54) is 51.4 Å². The molecule has 0 radical (unpaired) electrons. The Morgan fingerprint density at radius 2 is 1.28 bits per heavy atom. The summed E-state index contributed by atoms with van der Waals surface area (Å²) in [6.45, 7) is 17.3. The molecule has 0 aromatic rings. The molecule has 0 saturated heterocycles. The van der Waals surface area contributed by atoms with E-state index in [1.54, 1.807) is 0 Å². The van der Waals surface area contributed by atoms with E-state index in [2.05, 4.69) is 41.5 Å². The van der Waals surface area contributed by atoms with Crippen LogP contribution in [0, 0.1) is 11.8 Å². The Morgan fingerprint density at radius 1 is 0.889 bits per heavy atom. The van der Waals surface area contributed by atoms with Crippen LogP contribution in [0.1, 0.15) is 107 Å². The minimum absolute atomic E-state index is 0.898. The molecule has 1 aliphatic rings.